The number of likely N-dealkylation sites (tertiary alicyclic amines) is 2. The molecule has 8 amide bonds. The molecule has 0 aliphatic carbocycles. The van der Waals surface area contributed by atoms with Crippen molar-refractivity contribution in [3.05, 3.63) is 229 Å². The van der Waals surface area contributed by atoms with E-state index in [2.05, 4.69) is 83.8 Å². The molecule has 9 aliphatic rings. The molecule has 0 spiro atoms. The van der Waals surface area contributed by atoms with Crippen molar-refractivity contribution in [2.75, 3.05) is 40.4 Å². The number of aromatic nitrogens is 12. The molecule has 2 saturated heterocycles. The molecular formula is C98H110N22O14. The van der Waals surface area contributed by atoms with E-state index in [1.165, 1.54) is 9.80 Å². The van der Waals surface area contributed by atoms with E-state index in [4.69, 9.17) is 9.47 Å². The lowest BCUT2D eigenvalue weighted by molar-refractivity contribution is -0.144. The number of rotatable bonds is 16. The molecule has 134 heavy (non-hydrogen) atoms. The van der Waals surface area contributed by atoms with Crippen LogP contribution in [-0.4, -0.2) is 240 Å². The van der Waals surface area contributed by atoms with Crippen molar-refractivity contribution in [2.45, 2.75) is 179 Å². The third kappa shape index (κ3) is 22.8. The van der Waals surface area contributed by atoms with E-state index in [0.29, 0.717) is 93.6 Å². The number of benzene rings is 8. The van der Waals surface area contributed by atoms with E-state index in [0.717, 1.165) is 32.7 Å². The Morgan fingerprint density at radius 2 is 0.776 bits per heavy atom. The number of ether oxygens (including phenoxy) is 2. The zero-order chi connectivity index (χ0) is 94.4. The fourth-order valence-electron chi connectivity index (χ4n) is 16.9. The number of hydrogen-bond donors (Lipinski definition) is 10. The highest BCUT2D eigenvalue weighted by Gasteiger charge is 2.48. The molecule has 12 unspecified atom stereocenters. The molecule has 4 aromatic heterocycles. The van der Waals surface area contributed by atoms with Gasteiger partial charge in [0.1, 0.15) is 82.6 Å². The summed E-state index contributed by atoms with van der Waals surface area (Å²) in [7, 11) is 3.25. The molecule has 10 N–H and O–H groups in total. The SMILES string of the molecule is CNC(C)C(=O)NC(C(=O)N1CC2CC1C(=O)NC(Cc1ccc3ccccc3c1)C(=O)NC(C(=O)O)Cc1ccc(cc1)OCCCn1cc(nn1)-c1ccc(cc1)-c1cn(nn1)C1CC(C(=O)NC(Cc3ccc4ccccc4c3)C(=O)NC(C(=O)O)Cc3ccc(cc3)OCCCn3cc(nn3)-c3ccc(cc3)-c3cn2nn3)N(C(=O)C(NC(=O)C(C)NC)C(C)C)C1)C(C)C. The summed E-state index contributed by atoms with van der Waals surface area (Å²) in [5.41, 5.74) is 7.48. The molecule has 8 aromatic carbocycles. The number of aliphatic carboxylic acids is 2. The number of carbonyl (C=O) groups is 10. The summed E-state index contributed by atoms with van der Waals surface area (Å²) in [6, 6.07) is 42.3. The second kappa shape index (κ2) is 42.5. The number of fused-ring (bicyclic) bond motifs is 2. The fraction of sp³-hybridized carbons (Fsp3) is 0.367. The molecule has 2 fully saturated rings. The first-order chi connectivity index (χ1) is 64.6. The van der Waals surface area contributed by atoms with E-state index in [9.17, 15) is 39.0 Å². The summed E-state index contributed by atoms with van der Waals surface area (Å²) in [6.45, 7) is 11.8. The van der Waals surface area contributed by atoms with Gasteiger partial charge in [-0.15, -0.1) is 20.4 Å². The molecule has 12 aromatic rings. The van der Waals surface area contributed by atoms with E-state index < -0.39 is 144 Å². The lowest BCUT2D eigenvalue weighted by Gasteiger charge is -2.32. The van der Waals surface area contributed by atoms with Crippen LogP contribution in [-0.2, 0) is 86.7 Å². The summed E-state index contributed by atoms with van der Waals surface area (Å²) in [4.78, 5) is 147. The Morgan fingerprint density at radius 1 is 0.425 bits per heavy atom. The summed E-state index contributed by atoms with van der Waals surface area (Å²) >= 11 is 0. The topological polar surface area (TPSA) is 455 Å². The van der Waals surface area contributed by atoms with Crippen LogP contribution in [0, 0.1) is 11.8 Å². The first-order valence-corrected chi connectivity index (χ1v) is 45.1. The van der Waals surface area contributed by atoms with Gasteiger partial charge in [0.2, 0.25) is 47.3 Å². The Morgan fingerprint density at radius 3 is 1.13 bits per heavy atom. The quantitative estimate of drug-likeness (QED) is 0.0459. The third-order valence-corrected chi connectivity index (χ3v) is 25.0. The van der Waals surface area contributed by atoms with Gasteiger partial charge in [0.15, 0.2) is 0 Å². The van der Waals surface area contributed by atoms with Gasteiger partial charge >= 0.3 is 11.9 Å². The number of hydrogen-bond acceptors (Lipinski definition) is 22. The minimum atomic E-state index is -1.47. The molecular weight excluding hydrogens is 1710 g/mol. The zero-order valence-corrected chi connectivity index (χ0v) is 75.7. The van der Waals surface area contributed by atoms with Crippen LogP contribution in [0.1, 0.15) is 102 Å². The standard InChI is InChI=1S/C98H110N22O14/c1-57(2)87(105-89(121)59(5)99-7)95(127)117-51-73-49-85(117)93(125)101-77(47-63-19-25-65-15-9-11-17-71(65)43-63)91(123)103-79(97(129)130)45-61-21-35-75(36-22-61)133-41-14-40-116-54-82(108-112-116)68-29-33-70(34-30-68)84-56-120(114-110-84)74-50-86(118(52-74)96(128)88(58(3)4)106-90(122)60(6)100-8)94(126)102-78(48-64-20-26-66-16-10-12-18-72(66)44-64)92(124)104-80(98(131)132)46-62-23-37-76(38-24-62)134-42-13-39-115-53-81(107-111-115)67-27-31-69(32-28-67)83-55-119(73)113-109-83/h9-12,15-38,43-44,53-60,73-74,77-80,85-88,99-100H,13-14,39-42,45-52H2,1-8H3,(H,101,125)(H,102,126)(H,103,123)(H,104,124)(H,105,121)(H,106,122)(H,129,130)(H,131,132). The van der Waals surface area contributed by atoms with Gasteiger partial charge < -0.3 is 72.0 Å². The van der Waals surface area contributed by atoms with Gasteiger partial charge in [-0.1, -0.05) is 206 Å². The van der Waals surface area contributed by atoms with Crippen molar-refractivity contribution in [1.29, 1.82) is 0 Å². The molecule has 0 saturated carbocycles. The van der Waals surface area contributed by atoms with Crippen LogP contribution >= 0.6 is 0 Å². The van der Waals surface area contributed by atoms with Gasteiger partial charge in [-0.25, -0.2) is 19.0 Å². The average Bonchev–Trinajstić information content (AvgIpc) is 1.64. The summed E-state index contributed by atoms with van der Waals surface area (Å²) < 4.78 is 18.9. The maximum atomic E-state index is 15.3. The Hall–Kier alpha value is -14.9. The lowest BCUT2D eigenvalue weighted by Crippen LogP contribution is -2.59. The number of nitrogens with zero attached hydrogens (tertiary/aromatic N) is 14. The smallest absolute Gasteiger partial charge is 0.326 e. The van der Waals surface area contributed by atoms with Crippen LogP contribution in [0.15, 0.2) is 207 Å². The predicted molar refractivity (Wildman–Crippen MR) is 497 cm³/mol. The van der Waals surface area contributed by atoms with Crippen LogP contribution < -0.4 is 52.0 Å². The molecule has 20 bridgehead atoms. The van der Waals surface area contributed by atoms with Gasteiger partial charge in [0.05, 0.1) is 62.2 Å². The minimum Gasteiger partial charge on any atom is -0.494 e. The highest BCUT2D eigenvalue weighted by molar-refractivity contribution is 5.98. The third-order valence-electron chi connectivity index (χ3n) is 25.0. The largest absolute Gasteiger partial charge is 0.494 e. The molecule has 12 atom stereocenters. The minimum absolute atomic E-state index is 0.00777. The van der Waals surface area contributed by atoms with E-state index >= 15 is 19.2 Å². The van der Waals surface area contributed by atoms with Crippen molar-refractivity contribution in [3.8, 4) is 56.5 Å². The number of nitrogens with one attached hydrogen (secondary N) is 8. The van der Waals surface area contributed by atoms with E-state index in [1.807, 2.05) is 146 Å². The number of carboxylic acids is 2. The Labute approximate surface area is 773 Å². The van der Waals surface area contributed by atoms with E-state index in [1.54, 1.807) is 135 Å². The molecule has 36 heteroatoms. The first kappa shape index (κ1) is 93.7. The van der Waals surface area contributed by atoms with Crippen molar-refractivity contribution in [2.24, 2.45) is 11.8 Å². The van der Waals surface area contributed by atoms with Gasteiger partial charge in [0.25, 0.3) is 0 Å². The number of carbonyl (C=O) groups excluding carboxylic acids is 8. The summed E-state index contributed by atoms with van der Waals surface area (Å²) in [6.07, 6.45) is 7.70. The Bertz CT molecular complexity index is 5840. The maximum Gasteiger partial charge on any atom is 0.326 e. The Balaban J connectivity index is 0.686. The van der Waals surface area contributed by atoms with Crippen LogP contribution in [0.3, 0.4) is 0 Å². The van der Waals surface area contributed by atoms with Gasteiger partial charge in [0, 0.05) is 99.8 Å². The molecule has 696 valence electrons. The van der Waals surface area contributed by atoms with Crippen LogP contribution in [0.4, 0.5) is 0 Å². The normalized spacial score (nSPS) is 20.0. The highest BCUT2D eigenvalue weighted by Crippen LogP contribution is 2.35. The van der Waals surface area contributed by atoms with Crippen molar-refractivity contribution < 1.29 is 67.6 Å². The molecule has 21 rings (SSSR count). The van der Waals surface area contributed by atoms with Crippen LogP contribution in [0.2, 0.25) is 0 Å². The zero-order valence-electron chi connectivity index (χ0n) is 75.7. The van der Waals surface area contributed by atoms with Gasteiger partial charge in [-0.2, -0.15) is 0 Å². The fourth-order valence-corrected chi connectivity index (χ4v) is 16.9. The first-order valence-electron chi connectivity index (χ1n) is 45.1. The Kier molecular flexibility index (Phi) is 29.7. The second-order valence-electron chi connectivity index (χ2n) is 35.1. The lowest BCUT2D eigenvalue weighted by atomic mass is 9.99. The number of carboxylic acid groups (broad SMARTS) is 2. The number of aryl methyl sites for hydroxylation is 2. The number of likely N-dealkylation sites (N-methyl/N-ethyl adjacent to an activating group) is 2. The second-order valence-corrected chi connectivity index (χ2v) is 35.1. The maximum absolute atomic E-state index is 15.3. The van der Waals surface area contributed by atoms with Crippen molar-refractivity contribution in [3.63, 3.8) is 0 Å². The predicted octanol–water partition coefficient (Wildman–Crippen LogP) is 7.14. The highest BCUT2D eigenvalue weighted by atomic mass is 16.5. The summed E-state index contributed by atoms with van der Waals surface area (Å²) in [5, 5.41) is 84.0. The van der Waals surface area contributed by atoms with Crippen molar-refractivity contribution in [1.82, 2.24) is 112 Å². The average molecular weight is 1820 g/mol. The van der Waals surface area contributed by atoms with E-state index in [-0.39, 0.29) is 64.8 Å². The van der Waals surface area contributed by atoms with Crippen molar-refractivity contribution >= 4 is 80.7 Å². The molecule has 9 aliphatic heterocycles. The molecule has 0 radical (unpaired) electrons. The van der Waals surface area contributed by atoms with Crippen LogP contribution in [0.25, 0.3) is 66.6 Å². The molecule has 36 nitrogen and oxygen atoms in total. The summed E-state index contributed by atoms with van der Waals surface area (Å²) in [5.74, 6) is -7.42. The van der Waals surface area contributed by atoms with Gasteiger partial charge in [-0.3, -0.25) is 47.7 Å². The van der Waals surface area contributed by atoms with Gasteiger partial charge in [-0.05, 0) is 108 Å². The number of amides is 8. The molecule has 13 heterocycles. The van der Waals surface area contributed by atoms with Crippen LogP contribution in [0.5, 0.6) is 11.5 Å². The monoisotopic (exact) mass is 1820 g/mol.